The van der Waals surface area contributed by atoms with Crippen LogP contribution < -0.4 is 10.1 Å². The van der Waals surface area contributed by atoms with Crippen molar-refractivity contribution in [3.8, 4) is 5.75 Å². The van der Waals surface area contributed by atoms with Gasteiger partial charge in [0.15, 0.2) is 0 Å². The summed E-state index contributed by atoms with van der Waals surface area (Å²) < 4.78 is 6.36. The first-order chi connectivity index (χ1) is 8.50. The third kappa shape index (κ3) is 4.92. The molecule has 1 N–H and O–H groups in total. The Morgan fingerprint density at radius 1 is 1.44 bits per heavy atom. The van der Waals surface area contributed by atoms with E-state index in [0.29, 0.717) is 19.6 Å². The van der Waals surface area contributed by atoms with Crippen LogP contribution in [0, 0.1) is 13.8 Å². The van der Waals surface area contributed by atoms with Gasteiger partial charge in [-0.1, -0.05) is 34.6 Å². The fraction of sp³-hybridized carbons (Fsp3) is 0.357. The molecule has 0 aliphatic heterocycles. The van der Waals surface area contributed by atoms with Crippen molar-refractivity contribution in [2.45, 2.75) is 20.3 Å². The molecule has 0 aliphatic carbocycles. The molecule has 0 saturated carbocycles. The minimum Gasteiger partial charge on any atom is -0.493 e. The number of nitrogens with one attached hydrogen (secondary N) is 1. The van der Waals surface area contributed by atoms with Gasteiger partial charge in [0.2, 0.25) is 5.91 Å². The van der Waals surface area contributed by atoms with Crippen LogP contribution in [0.3, 0.4) is 0 Å². The Bertz CT molecular complexity index is 443. The maximum Gasteiger partial charge on any atom is 0.223 e. The van der Waals surface area contributed by atoms with E-state index in [4.69, 9.17) is 4.74 Å². The molecule has 0 heterocycles. The predicted molar refractivity (Wildman–Crippen MR) is 77.1 cm³/mol. The van der Waals surface area contributed by atoms with Crippen molar-refractivity contribution in [3.05, 3.63) is 40.4 Å². The SMILES string of the molecule is C=C(Br)CNC(=O)CCOc1cccc(C)c1C. The van der Waals surface area contributed by atoms with Crippen molar-refractivity contribution < 1.29 is 9.53 Å². The van der Waals surface area contributed by atoms with Crippen LogP contribution in [0.15, 0.2) is 29.3 Å². The molecule has 1 aromatic rings. The van der Waals surface area contributed by atoms with Gasteiger partial charge in [0.1, 0.15) is 5.75 Å². The summed E-state index contributed by atoms with van der Waals surface area (Å²) in [5.41, 5.74) is 2.30. The Morgan fingerprint density at radius 2 is 2.17 bits per heavy atom. The zero-order chi connectivity index (χ0) is 13.5. The van der Waals surface area contributed by atoms with Crippen LogP contribution in [0.2, 0.25) is 0 Å². The van der Waals surface area contributed by atoms with Crippen LogP contribution in [-0.4, -0.2) is 19.1 Å². The van der Waals surface area contributed by atoms with Crippen LogP contribution in [0.1, 0.15) is 17.5 Å². The van der Waals surface area contributed by atoms with E-state index in [1.165, 1.54) is 5.56 Å². The standard InChI is InChI=1S/C14H18BrNO2/c1-10-5-4-6-13(12(10)3)18-8-7-14(17)16-9-11(2)15/h4-6H,2,7-9H2,1,3H3,(H,16,17). The molecule has 0 unspecified atom stereocenters. The van der Waals surface area contributed by atoms with Gasteiger partial charge in [0, 0.05) is 11.0 Å². The molecule has 4 heteroatoms. The number of carbonyl (C=O) groups is 1. The van der Waals surface area contributed by atoms with Crippen molar-refractivity contribution in [1.29, 1.82) is 0 Å². The van der Waals surface area contributed by atoms with Gasteiger partial charge in [-0.15, -0.1) is 0 Å². The maximum atomic E-state index is 11.4. The first-order valence-electron chi connectivity index (χ1n) is 5.79. The highest BCUT2D eigenvalue weighted by Gasteiger charge is 2.04. The molecule has 0 spiro atoms. The number of hydrogen-bond donors (Lipinski definition) is 1. The van der Waals surface area contributed by atoms with Gasteiger partial charge in [-0.25, -0.2) is 0 Å². The van der Waals surface area contributed by atoms with Gasteiger partial charge in [0.25, 0.3) is 0 Å². The molecule has 18 heavy (non-hydrogen) atoms. The Kier molecular flexibility index (Phi) is 5.92. The molecule has 1 amide bonds. The number of carbonyl (C=O) groups excluding carboxylic acids is 1. The third-order valence-electron chi connectivity index (χ3n) is 2.62. The number of hydrogen-bond acceptors (Lipinski definition) is 2. The topological polar surface area (TPSA) is 38.3 Å². The number of halogens is 1. The zero-order valence-corrected chi connectivity index (χ0v) is 12.3. The van der Waals surface area contributed by atoms with E-state index in [9.17, 15) is 4.79 Å². The molecule has 1 rings (SSSR count). The Hall–Kier alpha value is -1.29. The van der Waals surface area contributed by atoms with E-state index >= 15 is 0 Å². The van der Waals surface area contributed by atoms with E-state index in [0.717, 1.165) is 15.8 Å². The molecule has 0 bridgehead atoms. The number of aryl methyl sites for hydroxylation is 1. The van der Waals surface area contributed by atoms with Crippen LogP contribution >= 0.6 is 15.9 Å². The van der Waals surface area contributed by atoms with Crippen LogP contribution in [0.25, 0.3) is 0 Å². The first-order valence-corrected chi connectivity index (χ1v) is 6.59. The quantitative estimate of drug-likeness (QED) is 0.876. The maximum absolute atomic E-state index is 11.4. The molecule has 0 fully saturated rings. The van der Waals surface area contributed by atoms with Crippen molar-refractivity contribution in [3.63, 3.8) is 0 Å². The summed E-state index contributed by atoms with van der Waals surface area (Å²) in [6.45, 7) is 8.53. The summed E-state index contributed by atoms with van der Waals surface area (Å²) in [7, 11) is 0. The highest BCUT2D eigenvalue weighted by molar-refractivity contribution is 9.11. The second-order valence-electron chi connectivity index (χ2n) is 4.09. The third-order valence-corrected chi connectivity index (χ3v) is 2.90. The second kappa shape index (κ2) is 7.21. The molecule has 0 aromatic heterocycles. The Balaban J connectivity index is 2.35. The molecule has 1 aromatic carbocycles. The summed E-state index contributed by atoms with van der Waals surface area (Å²) in [5.74, 6) is 0.800. The van der Waals surface area contributed by atoms with E-state index in [-0.39, 0.29) is 5.91 Å². The van der Waals surface area contributed by atoms with Gasteiger partial charge in [-0.2, -0.15) is 0 Å². The van der Waals surface area contributed by atoms with Gasteiger partial charge in [0.05, 0.1) is 13.0 Å². The number of ether oxygens (including phenoxy) is 1. The smallest absolute Gasteiger partial charge is 0.223 e. The van der Waals surface area contributed by atoms with Gasteiger partial charge >= 0.3 is 0 Å². The highest BCUT2D eigenvalue weighted by atomic mass is 79.9. The van der Waals surface area contributed by atoms with Crippen LogP contribution in [0.4, 0.5) is 0 Å². The highest BCUT2D eigenvalue weighted by Crippen LogP contribution is 2.20. The molecule has 3 nitrogen and oxygen atoms in total. The van der Waals surface area contributed by atoms with E-state index in [2.05, 4.69) is 27.8 Å². The molecule has 0 radical (unpaired) electrons. The Labute approximate surface area is 116 Å². The molecular formula is C14H18BrNO2. The minimum atomic E-state index is -0.0408. The van der Waals surface area contributed by atoms with Crippen LogP contribution in [0.5, 0.6) is 5.75 Å². The van der Waals surface area contributed by atoms with Gasteiger partial charge < -0.3 is 10.1 Å². The fourth-order valence-corrected chi connectivity index (χ4v) is 1.56. The van der Waals surface area contributed by atoms with Crippen LogP contribution in [-0.2, 0) is 4.79 Å². The van der Waals surface area contributed by atoms with Crippen molar-refractivity contribution >= 4 is 21.8 Å². The van der Waals surface area contributed by atoms with Crippen molar-refractivity contribution in [2.75, 3.05) is 13.2 Å². The van der Waals surface area contributed by atoms with Gasteiger partial charge in [-0.05, 0) is 31.0 Å². The van der Waals surface area contributed by atoms with Gasteiger partial charge in [-0.3, -0.25) is 4.79 Å². The number of amides is 1. The largest absolute Gasteiger partial charge is 0.493 e. The summed E-state index contributed by atoms with van der Waals surface area (Å²) in [6, 6.07) is 5.91. The summed E-state index contributed by atoms with van der Waals surface area (Å²) in [6.07, 6.45) is 0.341. The minimum absolute atomic E-state index is 0.0408. The Morgan fingerprint density at radius 3 is 2.83 bits per heavy atom. The van der Waals surface area contributed by atoms with E-state index in [1.807, 2.05) is 32.0 Å². The average molecular weight is 312 g/mol. The molecule has 98 valence electrons. The number of benzene rings is 1. The zero-order valence-electron chi connectivity index (χ0n) is 10.8. The predicted octanol–water partition coefficient (Wildman–Crippen LogP) is 3.10. The normalized spacial score (nSPS) is 9.94. The lowest BCUT2D eigenvalue weighted by molar-refractivity contribution is -0.121. The van der Waals surface area contributed by atoms with Crippen molar-refractivity contribution in [1.82, 2.24) is 5.32 Å². The summed E-state index contributed by atoms with van der Waals surface area (Å²) in [4.78, 5) is 11.4. The first kappa shape index (κ1) is 14.8. The summed E-state index contributed by atoms with van der Waals surface area (Å²) in [5, 5.41) is 2.73. The lowest BCUT2D eigenvalue weighted by Gasteiger charge is -2.10. The van der Waals surface area contributed by atoms with E-state index < -0.39 is 0 Å². The lowest BCUT2D eigenvalue weighted by Crippen LogP contribution is -2.25. The average Bonchev–Trinajstić information content (AvgIpc) is 2.32. The van der Waals surface area contributed by atoms with Crippen molar-refractivity contribution in [2.24, 2.45) is 0 Å². The fourth-order valence-electron chi connectivity index (χ4n) is 1.42. The molecule has 0 atom stereocenters. The molecular weight excluding hydrogens is 294 g/mol. The second-order valence-corrected chi connectivity index (χ2v) is 5.21. The molecule has 0 aliphatic rings. The molecule has 0 saturated heterocycles. The monoisotopic (exact) mass is 311 g/mol. The number of rotatable bonds is 6. The van der Waals surface area contributed by atoms with E-state index in [1.54, 1.807) is 0 Å². The lowest BCUT2D eigenvalue weighted by atomic mass is 10.1. The summed E-state index contributed by atoms with van der Waals surface area (Å²) >= 11 is 3.18.